The maximum absolute atomic E-state index is 11.6. The molecule has 0 amide bonds. The summed E-state index contributed by atoms with van der Waals surface area (Å²) in [7, 11) is 0. The first kappa shape index (κ1) is 13.8. The van der Waals surface area contributed by atoms with E-state index in [0.29, 0.717) is 0 Å². The van der Waals surface area contributed by atoms with Gasteiger partial charge in [0.15, 0.2) is 0 Å². The zero-order chi connectivity index (χ0) is 13.7. The van der Waals surface area contributed by atoms with Crippen LogP contribution in [0, 0.1) is 0 Å². The van der Waals surface area contributed by atoms with Gasteiger partial charge >= 0.3 is 11.9 Å². The van der Waals surface area contributed by atoms with Crippen LogP contribution in [0.2, 0.25) is 0 Å². The second-order valence-electron chi connectivity index (χ2n) is 3.17. The van der Waals surface area contributed by atoms with Crippen LogP contribution in [0.3, 0.4) is 0 Å². The summed E-state index contributed by atoms with van der Waals surface area (Å²) in [5, 5.41) is 18.7. The molecule has 1 aromatic heterocycles. The Bertz CT molecular complexity index is 471. The molecule has 18 heavy (non-hydrogen) atoms. The SMILES string of the molecule is CCOC(=O)c1cc(O)nc(O)c1C(=O)OCC. The Hall–Kier alpha value is -2.31. The summed E-state index contributed by atoms with van der Waals surface area (Å²) in [6.45, 7) is 3.32. The summed E-state index contributed by atoms with van der Waals surface area (Å²) in [5.74, 6) is -3.14. The van der Waals surface area contributed by atoms with E-state index < -0.39 is 29.3 Å². The van der Waals surface area contributed by atoms with Crippen LogP contribution in [0.4, 0.5) is 0 Å². The molecule has 0 aliphatic heterocycles. The molecule has 1 heterocycles. The molecule has 0 saturated heterocycles. The third-order valence-corrected chi connectivity index (χ3v) is 1.96. The van der Waals surface area contributed by atoms with Gasteiger partial charge in [-0.05, 0) is 13.8 Å². The fourth-order valence-corrected chi connectivity index (χ4v) is 1.29. The van der Waals surface area contributed by atoms with E-state index in [4.69, 9.17) is 4.74 Å². The number of hydrogen-bond acceptors (Lipinski definition) is 7. The van der Waals surface area contributed by atoms with E-state index >= 15 is 0 Å². The number of ether oxygens (including phenoxy) is 2. The average molecular weight is 255 g/mol. The standard InChI is InChI=1S/C11H13NO6/c1-3-17-10(15)6-5-7(13)12-9(14)8(6)11(16)18-4-2/h5H,3-4H2,1-2H3,(H2,12,13,14). The van der Waals surface area contributed by atoms with Crippen LogP contribution in [0.15, 0.2) is 6.07 Å². The van der Waals surface area contributed by atoms with Crippen molar-refractivity contribution in [3.63, 3.8) is 0 Å². The van der Waals surface area contributed by atoms with Crippen molar-refractivity contribution in [1.29, 1.82) is 0 Å². The van der Waals surface area contributed by atoms with Gasteiger partial charge in [-0.1, -0.05) is 0 Å². The van der Waals surface area contributed by atoms with Crippen LogP contribution in [0.5, 0.6) is 11.8 Å². The monoisotopic (exact) mass is 255 g/mol. The smallest absolute Gasteiger partial charge is 0.344 e. The molecule has 0 aromatic carbocycles. The summed E-state index contributed by atoms with van der Waals surface area (Å²) >= 11 is 0. The van der Waals surface area contributed by atoms with Crippen molar-refractivity contribution >= 4 is 11.9 Å². The molecule has 1 rings (SSSR count). The topological polar surface area (TPSA) is 106 Å². The molecule has 0 radical (unpaired) electrons. The van der Waals surface area contributed by atoms with Crippen molar-refractivity contribution in [2.75, 3.05) is 13.2 Å². The minimum absolute atomic E-state index is 0.0708. The summed E-state index contributed by atoms with van der Waals surface area (Å²) in [6, 6.07) is 0.934. The first-order valence-corrected chi connectivity index (χ1v) is 5.28. The first-order valence-electron chi connectivity index (χ1n) is 5.28. The van der Waals surface area contributed by atoms with E-state index in [0.717, 1.165) is 6.07 Å². The molecule has 7 nitrogen and oxygen atoms in total. The minimum atomic E-state index is -0.912. The predicted octanol–water partition coefficient (Wildman–Crippen LogP) is 0.846. The van der Waals surface area contributed by atoms with Crippen LogP contribution >= 0.6 is 0 Å². The number of nitrogens with zero attached hydrogens (tertiary/aromatic N) is 1. The molecule has 0 aliphatic rings. The van der Waals surface area contributed by atoms with Crippen LogP contribution in [0.1, 0.15) is 34.6 Å². The number of hydrogen-bond donors (Lipinski definition) is 2. The lowest BCUT2D eigenvalue weighted by atomic mass is 10.1. The Morgan fingerprint density at radius 2 is 1.72 bits per heavy atom. The van der Waals surface area contributed by atoms with Gasteiger partial charge in [0.2, 0.25) is 11.8 Å². The van der Waals surface area contributed by atoms with E-state index in [9.17, 15) is 19.8 Å². The fraction of sp³-hybridized carbons (Fsp3) is 0.364. The van der Waals surface area contributed by atoms with E-state index in [1.807, 2.05) is 0 Å². The zero-order valence-corrected chi connectivity index (χ0v) is 9.97. The minimum Gasteiger partial charge on any atom is -0.493 e. The molecule has 7 heteroatoms. The van der Waals surface area contributed by atoms with Gasteiger partial charge in [-0.3, -0.25) is 0 Å². The number of esters is 2. The highest BCUT2D eigenvalue weighted by Crippen LogP contribution is 2.25. The molecular weight excluding hydrogens is 242 g/mol. The lowest BCUT2D eigenvalue weighted by molar-refractivity contribution is 0.0474. The summed E-state index contributed by atoms with van der Waals surface area (Å²) in [4.78, 5) is 26.5. The van der Waals surface area contributed by atoms with E-state index in [1.54, 1.807) is 13.8 Å². The summed E-state index contributed by atoms with van der Waals surface area (Å²) < 4.78 is 9.40. The first-order chi connectivity index (χ1) is 8.51. The highest BCUT2D eigenvalue weighted by molar-refractivity contribution is 6.04. The van der Waals surface area contributed by atoms with E-state index in [1.165, 1.54) is 0 Å². The summed E-state index contributed by atoms with van der Waals surface area (Å²) in [5.41, 5.74) is -0.714. The maximum atomic E-state index is 11.6. The zero-order valence-electron chi connectivity index (χ0n) is 9.97. The fourth-order valence-electron chi connectivity index (χ4n) is 1.29. The molecule has 0 spiro atoms. The number of aromatic hydroxyl groups is 2. The van der Waals surface area contributed by atoms with Gasteiger partial charge in [0.05, 0.1) is 18.8 Å². The Kier molecular flexibility index (Phi) is 4.47. The van der Waals surface area contributed by atoms with Crippen LogP contribution in [0.25, 0.3) is 0 Å². The molecular formula is C11H13NO6. The van der Waals surface area contributed by atoms with E-state index in [-0.39, 0.29) is 18.8 Å². The van der Waals surface area contributed by atoms with Gasteiger partial charge < -0.3 is 19.7 Å². The van der Waals surface area contributed by atoms with Crippen molar-refractivity contribution in [2.45, 2.75) is 13.8 Å². The average Bonchev–Trinajstić information content (AvgIpc) is 2.28. The number of aromatic nitrogens is 1. The second-order valence-corrected chi connectivity index (χ2v) is 3.17. The number of carbonyl (C=O) groups is 2. The Morgan fingerprint density at radius 3 is 2.28 bits per heavy atom. The highest BCUT2D eigenvalue weighted by Gasteiger charge is 2.25. The van der Waals surface area contributed by atoms with Gasteiger partial charge in [0.25, 0.3) is 0 Å². The molecule has 98 valence electrons. The van der Waals surface area contributed by atoms with Crippen molar-refractivity contribution in [3.05, 3.63) is 17.2 Å². The summed E-state index contributed by atoms with van der Waals surface area (Å²) in [6.07, 6.45) is 0. The molecule has 0 atom stereocenters. The molecule has 0 saturated carbocycles. The van der Waals surface area contributed by atoms with Crippen molar-refractivity contribution in [2.24, 2.45) is 0 Å². The predicted molar refractivity (Wildman–Crippen MR) is 59.5 cm³/mol. The molecule has 1 aromatic rings. The maximum Gasteiger partial charge on any atom is 0.344 e. The Balaban J connectivity index is 3.29. The largest absolute Gasteiger partial charge is 0.493 e. The number of pyridine rings is 1. The van der Waals surface area contributed by atoms with E-state index in [2.05, 4.69) is 9.72 Å². The normalized spacial score (nSPS) is 9.89. The lowest BCUT2D eigenvalue weighted by Gasteiger charge is -2.09. The van der Waals surface area contributed by atoms with Crippen LogP contribution in [-0.4, -0.2) is 40.3 Å². The number of rotatable bonds is 4. The van der Waals surface area contributed by atoms with Gasteiger partial charge in [-0.25, -0.2) is 9.59 Å². The van der Waals surface area contributed by atoms with Crippen molar-refractivity contribution in [3.8, 4) is 11.8 Å². The molecule has 0 fully saturated rings. The number of carbonyl (C=O) groups excluding carboxylic acids is 2. The third kappa shape index (κ3) is 2.88. The Morgan fingerprint density at radius 1 is 1.17 bits per heavy atom. The van der Waals surface area contributed by atoms with Crippen LogP contribution in [-0.2, 0) is 9.47 Å². The van der Waals surface area contributed by atoms with Crippen molar-refractivity contribution in [1.82, 2.24) is 4.98 Å². The van der Waals surface area contributed by atoms with Crippen LogP contribution < -0.4 is 0 Å². The third-order valence-electron chi connectivity index (χ3n) is 1.96. The second kappa shape index (κ2) is 5.85. The quantitative estimate of drug-likeness (QED) is 0.768. The molecule has 0 aliphatic carbocycles. The van der Waals surface area contributed by atoms with Gasteiger partial charge in [-0.2, -0.15) is 4.98 Å². The Labute approximate surface area is 103 Å². The van der Waals surface area contributed by atoms with Gasteiger partial charge in [0.1, 0.15) is 5.56 Å². The lowest BCUT2D eigenvalue weighted by Crippen LogP contribution is -2.15. The van der Waals surface area contributed by atoms with Gasteiger partial charge in [0, 0.05) is 6.07 Å². The van der Waals surface area contributed by atoms with Gasteiger partial charge in [-0.15, -0.1) is 0 Å². The molecule has 0 bridgehead atoms. The van der Waals surface area contributed by atoms with Crippen molar-refractivity contribution < 1.29 is 29.3 Å². The molecule has 0 unspecified atom stereocenters. The molecule has 2 N–H and O–H groups in total. The highest BCUT2D eigenvalue weighted by atomic mass is 16.5.